The fourth-order valence-electron chi connectivity index (χ4n) is 3.00. The maximum Gasteiger partial charge on any atom is 0.259 e. The minimum absolute atomic E-state index is 0.0916. The Balaban J connectivity index is 2.06. The summed E-state index contributed by atoms with van der Waals surface area (Å²) in [5.41, 5.74) is 2.19. The monoisotopic (exact) mass is 363 g/mol. The summed E-state index contributed by atoms with van der Waals surface area (Å²) in [6.45, 7) is 2.72. The molecule has 1 amide bonds. The van der Waals surface area contributed by atoms with Crippen LogP contribution in [0, 0.1) is 0 Å². The van der Waals surface area contributed by atoms with Crippen molar-refractivity contribution in [2.45, 2.75) is 24.2 Å². The summed E-state index contributed by atoms with van der Waals surface area (Å²) in [6.07, 6.45) is 1.97. The number of para-hydroxylation sites is 1. The molecule has 126 valence electrons. The number of rotatable bonds is 2. The van der Waals surface area contributed by atoms with Gasteiger partial charge in [-0.3, -0.25) is 4.79 Å². The second-order valence-corrected chi connectivity index (χ2v) is 8.54. The quantitative estimate of drug-likeness (QED) is 0.813. The van der Waals surface area contributed by atoms with Gasteiger partial charge < -0.3 is 4.90 Å². The van der Waals surface area contributed by atoms with Crippen molar-refractivity contribution in [3.05, 3.63) is 58.6 Å². The average Bonchev–Trinajstić information content (AvgIpc) is 2.54. The summed E-state index contributed by atoms with van der Waals surface area (Å²) in [5, 5.41) is 0.253. The van der Waals surface area contributed by atoms with Crippen molar-refractivity contribution in [3.8, 4) is 0 Å². The van der Waals surface area contributed by atoms with Crippen LogP contribution in [0.25, 0.3) is 0 Å². The van der Waals surface area contributed by atoms with Gasteiger partial charge in [0, 0.05) is 18.5 Å². The molecule has 1 unspecified atom stereocenters. The molecule has 1 heterocycles. The van der Waals surface area contributed by atoms with Crippen LogP contribution in [0.5, 0.6) is 0 Å². The molecule has 0 bridgehead atoms. The van der Waals surface area contributed by atoms with E-state index < -0.39 is 9.84 Å². The zero-order chi connectivity index (χ0) is 17.5. The molecule has 0 aliphatic carbocycles. The number of anilines is 1. The lowest BCUT2D eigenvalue weighted by atomic mass is 9.91. The molecule has 0 aromatic heterocycles. The van der Waals surface area contributed by atoms with Crippen molar-refractivity contribution >= 4 is 33.0 Å². The fraction of sp³-hybridized carbons (Fsp3) is 0.278. The second-order valence-electron chi connectivity index (χ2n) is 6.12. The minimum Gasteiger partial charge on any atom is -0.308 e. The highest BCUT2D eigenvalue weighted by Crippen LogP contribution is 2.36. The number of carbonyl (C=O) groups excluding carboxylic acids is 1. The smallest absolute Gasteiger partial charge is 0.259 e. The van der Waals surface area contributed by atoms with E-state index in [1.807, 2.05) is 24.3 Å². The van der Waals surface area contributed by atoms with Gasteiger partial charge in [-0.1, -0.05) is 36.7 Å². The van der Waals surface area contributed by atoms with Gasteiger partial charge in [0.25, 0.3) is 5.91 Å². The largest absolute Gasteiger partial charge is 0.308 e. The third-order valence-electron chi connectivity index (χ3n) is 4.39. The van der Waals surface area contributed by atoms with Crippen molar-refractivity contribution in [3.63, 3.8) is 0 Å². The predicted octanol–water partition coefficient (Wildman–Crippen LogP) is 3.90. The standard InChI is InChI=1S/C18H18ClNO3S/c1-12-9-10-20(17-6-4-3-5-14(12)17)18(21)15-11-13(24(2,22)23)7-8-16(15)19/h3-8,11-12H,9-10H2,1-2H3. The topological polar surface area (TPSA) is 54.5 Å². The van der Waals surface area contributed by atoms with Gasteiger partial charge in [-0.2, -0.15) is 0 Å². The minimum atomic E-state index is -3.40. The van der Waals surface area contributed by atoms with Crippen LogP contribution in [-0.2, 0) is 9.84 Å². The number of carbonyl (C=O) groups is 1. The highest BCUT2D eigenvalue weighted by Gasteiger charge is 2.28. The number of hydrogen-bond acceptors (Lipinski definition) is 3. The van der Waals surface area contributed by atoms with Gasteiger partial charge in [0.15, 0.2) is 9.84 Å². The highest BCUT2D eigenvalue weighted by molar-refractivity contribution is 7.90. The number of hydrogen-bond donors (Lipinski definition) is 0. The van der Waals surface area contributed by atoms with Crippen LogP contribution in [0.15, 0.2) is 47.4 Å². The van der Waals surface area contributed by atoms with Crippen LogP contribution in [0.4, 0.5) is 5.69 Å². The van der Waals surface area contributed by atoms with Crippen molar-refractivity contribution in [1.29, 1.82) is 0 Å². The molecule has 0 fully saturated rings. The lowest BCUT2D eigenvalue weighted by molar-refractivity contribution is 0.0984. The number of halogens is 1. The van der Waals surface area contributed by atoms with Crippen LogP contribution in [-0.4, -0.2) is 27.1 Å². The van der Waals surface area contributed by atoms with E-state index in [2.05, 4.69) is 6.92 Å². The Kier molecular flexibility index (Phi) is 4.40. The molecule has 0 radical (unpaired) electrons. The van der Waals surface area contributed by atoms with Crippen molar-refractivity contribution < 1.29 is 13.2 Å². The normalized spacial score (nSPS) is 17.5. The van der Waals surface area contributed by atoms with Gasteiger partial charge >= 0.3 is 0 Å². The molecule has 0 N–H and O–H groups in total. The van der Waals surface area contributed by atoms with E-state index in [1.54, 1.807) is 4.90 Å². The van der Waals surface area contributed by atoms with Crippen LogP contribution in [0.1, 0.15) is 35.2 Å². The van der Waals surface area contributed by atoms with E-state index in [-0.39, 0.29) is 21.4 Å². The van der Waals surface area contributed by atoms with Gasteiger partial charge in [-0.05, 0) is 42.2 Å². The molecule has 2 aromatic rings. The first-order chi connectivity index (χ1) is 11.3. The van der Waals surface area contributed by atoms with E-state index in [0.29, 0.717) is 12.5 Å². The SMILES string of the molecule is CC1CCN(C(=O)c2cc(S(C)(=O)=O)ccc2Cl)c2ccccc21. The van der Waals surface area contributed by atoms with E-state index in [9.17, 15) is 13.2 Å². The Morgan fingerprint density at radius 1 is 1.21 bits per heavy atom. The molecule has 1 aliphatic rings. The zero-order valence-corrected chi connectivity index (χ0v) is 15.1. The van der Waals surface area contributed by atoms with Gasteiger partial charge in [0.05, 0.1) is 15.5 Å². The Bertz CT molecular complexity index is 908. The molecule has 0 saturated carbocycles. The Labute approximate surface area is 147 Å². The van der Waals surface area contributed by atoms with Crippen LogP contribution >= 0.6 is 11.6 Å². The second kappa shape index (κ2) is 6.22. The van der Waals surface area contributed by atoms with Crippen LogP contribution < -0.4 is 4.90 Å². The molecule has 0 saturated heterocycles. The van der Waals surface area contributed by atoms with E-state index in [0.717, 1.165) is 23.9 Å². The van der Waals surface area contributed by atoms with Crippen LogP contribution in [0.3, 0.4) is 0 Å². The zero-order valence-electron chi connectivity index (χ0n) is 13.5. The summed E-state index contributed by atoms with van der Waals surface area (Å²) >= 11 is 6.17. The highest BCUT2D eigenvalue weighted by atomic mass is 35.5. The lowest BCUT2D eigenvalue weighted by Crippen LogP contribution is -2.36. The molecule has 4 nitrogen and oxygen atoms in total. The Morgan fingerprint density at radius 2 is 1.92 bits per heavy atom. The summed E-state index contributed by atoms with van der Waals surface area (Å²) < 4.78 is 23.5. The first kappa shape index (κ1) is 17.0. The molecular weight excluding hydrogens is 346 g/mol. The molecular formula is C18H18ClNO3S. The number of benzene rings is 2. The molecule has 0 spiro atoms. The summed E-state index contributed by atoms with van der Waals surface area (Å²) in [5.74, 6) is 0.105. The molecule has 1 atom stereocenters. The molecule has 2 aromatic carbocycles. The van der Waals surface area contributed by atoms with Gasteiger partial charge in [0.1, 0.15) is 0 Å². The first-order valence-electron chi connectivity index (χ1n) is 7.69. The Hall–Kier alpha value is -1.85. The van der Waals surface area contributed by atoms with Crippen molar-refractivity contribution in [2.24, 2.45) is 0 Å². The number of nitrogens with zero attached hydrogens (tertiary/aromatic N) is 1. The van der Waals surface area contributed by atoms with E-state index in [1.165, 1.54) is 18.2 Å². The summed E-state index contributed by atoms with van der Waals surface area (Å²) in [4.78, 5) is 14.8. The molecule has 1 aliphatic heterocycles. The third kappa shape index (κ3) is 3.06. The van der Waals surface area contributed by atoms with Crippen molar-refractivity contribution in [2.75, 3.05) is 17.7 Å². The van der Waals surface area contributed by atoms with Gasteiger partial charge in [-0.25, -0.2) is 8.42 Å². The van der Waals surface area contributed by atoms with E-state index >= 15 is 0 Å². The maximum absolute atomic E-state index is 13.0. The predicted molar refractivity (Wildman–Crippen MR) is 95.7 cm³/mol. The fourth-order valence-corrected chi connectivity index (χ4v) is 3.85. The van der Waals surface area contributed by atoms with Crippen molar-refractivity contribution in [1.82, 2.24) is 0 Å². The van der Waals surface area contributed by atoms with Gasteiger partial charge in [-0.15, -0.1) is 0 Å². The lowest BCUT2D eigenvalue weighted by Gasteiger charge is -2.33. The first-order valence-corrected chi connectivity index (χ1v) is 9.96. The summed E-state index contributed by atoms with van der Waals surface area (Å²) in [6, 6.07) is 12.0. The number of sulfone groups is 1. The summed E-state index contributed by atoms with van der Waals surface area (Å²) in [7, 11) is -3.40. The third-order valence-corrected chi connectivity index (χ3v) is 5.83. The molecule has 6 heteroatoms. The molecule has 3 rings (SSSR count). The number of amides is 1. The number of fused-ring (bicyclic) bond motifs is 1. The molecule has 24 heavy (non-hydrogen) atoms. The average molecular weight is 364 g/mol. The van der Waals surface area contributed by atoms with Gasteiger partial charge in [0.2, 0.25) is 0 Å². The van der Waals surface area contributed by atoms with E-state index in [4.69, 9.17) is 11.6 Å². The maximum atomic E-state index is 13.0. The van der Waals surface area contributed by atoms with Crippen LogP contribution in [0.2, 0.25) is 5.02 Å². The Morgan fingerprint density at radius 3 is 2.62 bits per heavy atom.